The Morgan fingerprint density at radius 2 is 0.929 bits per heavy atom. The van der Waals surface area contributed by atoms with Crippen LogP contribution in [-0.2, 0) is 47.7 Å². The number of ketones is 1. The summed E-state index contributed by atoms with van der Waals surface area (Å²) in [6.45, 7) is 41.5. The number of hydrogen-bond acceptors (Lipinski definition) is 14. The van der Waals surface area contributed by atoms with Gasteiger partial charge in [-0.25, -0.2) is 19.2 Å². The van der Waals surface area contributed by atoms with Crippen molar-refractivity contribution in [1.82, 2.24) is 0 Å². The fourth-order valence-electron chi connectivity index (χ4n) is 1.67. The molecule has 0 atom stereocenters. The van der Waals surface area contributed by atoms with Gasteiger partial charge in [-0.1, -0.05) is 102 Å². The molecule has 0 aromatic heterocycles. The van der Waals surface area contributed by atoms with Crippen LogP contribution in [0.15, 0.2) is 83.6 Å². The third kappa shape index (κ3) is 346. The van der Waals surface area contributed by atoms with E-state index in [1.807, 2.05) is 86.6 Å². The second kappa shape index (κ2) is 126. The van der Waals surface area contributed by atoms with Gasteiger partial charge in [0.15, 0.2) is 0 Å². The number of aldehydes is 1. The van der Waals surface area contributed by atoms with E-state index in [9.17, 15) is 24.0 Å². The van der Waals surface area contributed by atoms with Crippen molar-refractivity contribution in [2.24, 2.45) is 0 Å². The monoisotopic (exact) mass is 1070 g/mol. The number of aliphatic hydroxyl groups is 4. The first kappa shape index (κ1) is 107. The molecule has 0 rings (SSSR count). The molecule has 0 aliphatic heterocycles. The smallest absolute Gasteiger partial charge is 0.478 e. The number of carbonyl (C=O) groups excluding carboxylic acids is 5. The first-order valence-corrected chi connectivity index (χ1v) is 23.4. The van der Waals surface area contributed by atoms with Crippen molar-refractivity contribution in [2.45, 2.75) is 157 Å². The number of aliphatic hydroxyl groups excluding tert-OH is 4. The summed E-state index contributed by atoms with van der Waals surface area (Å²) < 4.78 is 18.2. The minimum atomic E-state index is -0.875. The minimum Gasteiger partial charge on any atom is -0.478 e. The van der Waals surface area contributed by atoms with Crippen molar-refractivity contribution in [1.29, 1.82) is 0 Å². The largest absolute Gasteiger partial charge is 1.00 e. The third-order valence-electron chi connectivity index (χ3n) is 3.82. The van der Waals surface area contributed by atoms with E-state index >= 15 is 0 Å². The van der Waals surface area contributed by atoms with Gasteiger partial charge in [-0.05, 0) is 118 Å². The van der Waals surface area contributed by atoms with E-state index in [-0.39, 0.29) is 55.3 Å². The summed E-state index contributed by atoms with van der Waals surface area (Å²) in [5.74, 6) is -1.52. The molecule has 0 aliphatic rings. The number of Topliss-reactive ketones (excluding diaryl/α,β-unsaturated/α-hetero) is 1. The Bertz CT molecular complexity index is 1160. The van der Waals surface area contributed by atoms with Crippen LogP contribution >= 0.6 is 15.9 Å². The quantitative estimate of drug-likeness (QED) is 0.0190. The second-order valence-electron chi connectivity index (χ2n) is 12.1. The summed E-state index contributed by atoms with van der Waals surface area (Å²) in [4.78, 5) is 59.2. The van der Waals surface area contributed by atoms with Crippen LogP contribution in [0.3, 0.4) is 0 Å². The van der Waals surface area contributed by atoms with Gasteiger partial charge >= 0.3 is 42.7 Å². The summed E-state index contributed by atoms with van der Waals surface area (Å²) in [6, 6.07) is 0. The predicted molar refractivity (Wildman–Crippen MR) is 297 cm³/mol. The molecule has 0 saturated heterocycles. The SMILES string of the molecule is C/C=C/C(=O)OCC.C/C=C/CBr.C/C=C/CO.C/C=C/COC.CC.CC(C)=CC(=O)O.CC(C)=O.CC(C)O.CC=O.CCOC(=O)C=C(C)C.CO.CO.COC(=O)C=C(C)C.[CH2-]CCC.[Li+]. The van der Waals surface area contributed by atoms with Gasteiger partial charge in [-0.3, -0.25) is 0 Å². The molecule has 0 spiro atoms. The molecule has 0 radical (unpaired) electrons. The molecule has 0 heterocycles. The predicted octanol–water partition coefficient (Wildman–Crippen LogP) is 8.58. The zero-order valence-corrected chi connectivity index (χ0v) is 50.4. The van der Waals surface area contributed by atoms with E-state index in [0.717, 1.165) is 55.6 Å². The molecule has 0 saturated carbocycles. The van der Waals surface area contributed by atoms with Gasteiger partial charge in [0.05, 0.1) is 33.5 Å². The molecule has 70 heavy (non-hydrogen) atoms. The summed E-state index contributed by atoms with van der Waals surface area (Å²) in [5, 5.41) is 39.0. The number of halogens is 1. The number of carboxylic acids is 1. The first-order valence-electron chi connectivity index (χ1n) is 22.3. The van der Waals surface area contributed by atoms with Crippen molar-refractivity contribution in [3.8, 4) is 0 Å². The number of esters is 3. The van der Waals surface area contributed by atoms with E-state index < -0.39 is 5.97 Å². The summed E-state index contributed by atoms with van der Waals surface area (Å²) in [5.41, 5.74) is 2.73. The molecule has 0 aliphatic carbocycles. The van der Waals surface area contributed by atoms with Crippen molar-refractivity contribution in [3.63, 3.8) is 0 Å². The number of hydrogen-bond donors (Lipinski definition) is 5. The van der Waals surface area contributed by atoms with E-state index in [2.05, 4.69) is 44.0 Å². The van der Waals surface area contributed by atoms with Gasteiger partial charge in [0.1, 0.15) is 12.1 Å². The molecular weight excluding hydrogens is 963 g/mol. The number of carboxylic acid groups (broad SMARTS) is 1. The topological polar surface area (TPSA) is 240 Å². The van der Waals surface area contributed by atoms with E-state index in [4.69, 9.17) is 35.1 Å². The molecular formula is C53H106BrLiO15. The van der Waals surface area contributed by atoms with Gasteiger partial charge in [-0.2, -0.15) is 6.42 Å². The standard InChI is InChI=1S/C7H12O2.2C6H10O2.C5H8O2.C5H10O.C4H7Br.C4H8O.C4H9.C3H8O.C3H6O.C2H4O.C2H6.2CH4O.Li/c1-4-9-7(8)5-6(2)3;1-5(2)4-6(7)8-3;1-3-5-6(7)8-4-2;1-4(2)3-5(6)7;1-3-4-5-6-2;2*1-2-3-4-5;1-3-4-2;2*1-3(2)4;1-2-3;3*1-2;/h5H,4H2,1-3H3;4H,1-3H3;3,5H,4H2,1-2H3;3H,1-2H3,(H,6,7);3-4H,5H2,1-2H3;2-3H,4H2,1H3;2-3,5H,4H2,1H3;1,3-4H2,2H3;3-4H,1-2H3;1-2H3;2H,1H3;1-2H3;2*2H,1H3;/q;;;;;;;-1;;;;;;;+1/b;;5-3+;;4-3+;2*3-2+;;;;;;;;. The van der Waals surface area contributed by atoms with Crippen LogP contribution in [0.25, 0.3) is 0 Å². The summed E-state index contributed by atoms with van der Waals surface area (Å²) >= 11 is 3.22. The van der Waals surface area contributed by atoms with Crippen LogP contribution in [0.1, 0.15) is 151 Å². The maximum atomic E-state index is 10.6. The zero-order valence-electron chi connectivity index (χ0n) is 48.9. The van der Waals surface area contributed by atoms with Gasteiger partial charge in [0.25, 0.3) is 0 Å². The van der Waals surface area contributed by atoms with E-state index in [1.165, 1.54) is 58.6 Å². The Kier molecular flexibility index (Phi) is 193. The average Bonchev–Trinajstić information content (AvgIpc) is 3.26. The van der Waals surface area contributed by atoms with Crippen molar-refractivity contribution < 1.29 is 92.1 Å². The van der Waals surface area contributed by atoms with Crippen molar-refractivity contribution >= 4 is 51.9 Å². The number of alkyl halides is 1. The van der Waals surface area contributed by atoms with Crippen LogP contribution in [0, 0.1) is 6.92 Å². The Balaban J connectivity index is -0.0000000365. The fraction of sp³-hybridized carbons (Fsp3) is 0.604. The fourth-order valence-corrected chi connectivity index (χ4v) is 2.05. The number of carbonyl (C=O) groups is 6. The number of methoxy groups -OCH3 is 2. The van der Waals surface area contributed by atoms with Crippen molar-refractivity contribution in [3.05, 3.63) is 90.5 Å². The zero-order chi connectivity index (χ0) is 58.5. The van der Waals surface area contributed by atoms with Gasteiger partial charge in [0, 0.05) is 57.1 Å². The molecule has 0 amide bonds. The molecule has 15 nitrogen and oxygen atoms in total. The molecule has 416 valence electrons. The Labute approximate surface area is 450 Å². The van der Waals surface area contributed by atoms with Crippen LogP contribution in [0.5, 0.6) is 0 Å². The number of unbranched alkanes of at least 4 members (excludes halogenated alkanes) is 1. The summed E-state index contributed by atoms with van der Waals surface area (Å²) in [6.07, 6.45) is 21.4. The first-order chi connectivity index (χ1) is 32.3. The molecule has 0 bridgehead atoms. The average molecular weight is 1070 g/mol. The number of rotatable bonds is 11. The number of aliphatic carboxylic acids is 1. The molecule has 0 fully saturated rings. The van der Waals surface area contributed by atoms with E-state index in [1.54, 1.807) is 73.8 Å². The van der Waals surface area contributed by atoms with Gasteiger partial charge in [-0.15, -0.1) is 0 Å². The molecule has 17 heteroatoms. The Morgan fingerprint density at radius 1 is 0.629 bits per heavy atom. The van der Waals surface area contributed by atoms with Crippen LogP contribution in [0.4, 0.5) is 0 Å². The molecule has 0 aromatic carbocycles. The normalized spacial score (nSPS) is 7.93. The van der Waals surface area contributed by atoms with Crippen LogP contribution in [-0.4, -0.2) is 128 Å². The molecule has 5 N–H and O–H groups in total. The molecule has 0 aromatic rings. The number of ether oxygens (including phenoxy) is 4. The van der Waals surface area contributed by atoms with Gasteiger partial charge < -0.3 is 61.0 Å². The Hall–Kier alpha value is -3.72. The maximum absolute atomic E-state index is 10.6. The molecule has 0 unspecified atom stereocenters. The maximum Gasteiger partial charge on any atom is 1.00 e. The van der Waals surface area contributed by atoms with Crippen molar-refractivity contribution in [2.75, 3.05) is 60.2 Å². The Morgan fingerprint density at radius 3 is 1.04 bits per heavy atom. The second-order valence-corrected chi connectivity index (χ2v) is 12.8. The van der Waals surface area contributed by atoms with E-state index in [0.29, 0.717) is 13.2 Å². The number of allylic oxidation sites excluding steroid dienone is 8. The minimum absolute atomic E-state index is 0. The van der Waals surface area contributed by atoms with Crippen LogP contribution in [0.2, 0.25) is 0 Å². The van der Waals surface area contributed by atoms with Crippen LogP contribution < -0.4 is 18.9 Å². The summed E-state index contributed by atoms with van der Waals surface area (Å²) in [7, 11) is 5.04. The van der Waals surface area contributed by atoms with Gasteiger partial charge in [0.2, 0.25) is 0 Å². The third-order valence-corrected chi connectivity index (χ3v) is 4.19.